The largest absolute Gasteiger partial charge is 0.472 e. The fourth-order valence-corrected chi connectivity index (χ4v) is 14.2. The van der Waals surface area contributed by atoms with Gasteiger partial charge in [-0.25, -0.2) is 9.13 Å². The maximum atomic E-state index is 13.1. The highest BCUT2D eigenvalue weighted by atomic mass is 31.2. The Balaban J connectivity index is 5.25. The third kappa shape index (κ3) is 74.3. The van der Waals surface area contributed by atoms with Gasteiger partial charge in [-0.2, -0.15) is 0 Å². The topological polar surface area (TPSA) is 237 Å². The van der Waals surface area contributed by atoms with Crippen molar-refractivity contribution in [1.29, 1.82) is 0 Å². The van der Waals surface area contributed by atoms with Crippen molar-refractivity contribution in [2.24, 2.45) is 5.92 Å². The number of unbranched alkanes of at least 4 members (excludes halogenated alkanes) is 53. The highest BCUT2D eigenvalue weighted by Crippen LogP contribution is 2.45. The van der Waals surface area contributed by atoms with E-state index in [9.17, 15) is 43.2 Å². The predicted octanol–water partition coefficient (Wildman–Crippen LogP) is 24.4. The molecule has 17 nitrogen and oxygen atoms in total. The van der Waals surface area contributed by atoms with E-state index in [2.05, 4.69) is 34.6 Å². The summed E-state index contributed by atoms with van der Waals surface area (Å²) in [6, 6.07) is 0. The fourth-order valence-electron chi connectivity index (χ4n) is 12.6. The van der Waals surface area contributed by atoms with Crippen LogP contribution in [-0.2, 0) is 65.4 Å². The van der Waals surface area contributed by atoms with Crippen LogP contribution in [0.1, 0.15) is 433 Å². The normalized spacial score (nSPS) is 13.8. The van der Waals surface area contributed by atoms with E-state index < -0.39 is 97.5 Å². The van der Waals surface area contributed by atoms with E-state index in [1.54, 1.807) is 0 Å². The van der Waals surface area contributed by atoms with E-state index in [1.807, 2.05) is 0 Å². The Kier molecular flexibility index (Phi) is 72.5. The number of phosphoric ester groups is 2. The number of carbonyl (C=O) groups excluding carboxylic acids is 4. The molecule has 0 aromatic rings. The van der Waals surface area contributed by atoms with Crippen LogP contribution in [0.2, 0.25) is 0 Å². The molecule has 19 heteroatoms. The maximum Gasteiger partial charge on any atom is 0.472 e. The number of aliphatic hydroxyl groups is 1. The summed E-state index contributed by atoms with van der Waals surface area (Å²) in [6.07, 6.45) is 65.1. The van der Waals surface area contributed by atoms with Crippen LogP contribution in [0.3, 0.4) is 0 Å². The van der Waals surface area contributed by atoms with Gasteiger partial charge in [-0.1, -0.05) is 381 Å². The second kappa shape index (κ2) is 73.9. The molecule has 0 radical (unpaired) electrons. The Labute approximate surface area is 613 Å². The van der Waals surface area contributed by atoms with Crippen molar-refractivity contribution < 1.29 is 80.2 Å². The van der Waals surface area contributed by atoms with Crippen molar-refractivity contribution in [2.45, 2.75) is 451 Å². The molecule has 0 amide bonds. The highest BCUT2D eigenvalue weighted by Gasteiger charge is 2.30. The first-order valence-electron chi connectivity index (χ1n) is 42.1. The highest BCUT2D eigenvalue weighted by molar-refractivity contribution is 7.47. The molecule has 0 heterocycles. The molecule has 0 aliphatic rings. The molecule has 0 aliphatic heterocycles. The third-order valence-corrected chi connectivity index (χ3v) is 20.9. The lowest BCUT2D eigenvalue weighted by atomic mass is 10.0. The molecule has 100 heavy (non-hydrogen) atoms. The number of phosphoric acid groups is 2. The first kappa shape index (κ1) is 98.1. The zero-order chi connectivity index (χ0) is 73.4. The minimum absolute atomic E-state index is 0.108. The zero-order valence-corrected chi connectivity index (χ0v) is 67.1. The lowest BCUT2D eigenvalue weighted by Crippen LogP contribution is -2.30. The number of ether oxygens (including phenoxy) is 4. The van der Waals surface area contributed by atoms with E-state index in [1.165, 1.54) is 257 Å². The SMILES string of the molecule is CCCCCCCCCCCCCCCCCCCCC(=O)O[C@H](COC(=O)CCCCCCCCCCCCCCCCCC)COP(=O)(O)OC[C@@H](O)COP(=O)(O)OC[C@@H](COC(=O)CCCCCCCCCCCCC)OC(=O)CCCCCCCCCCCCCCC(C)C. The molecule has 0 saturated heterocycles. The first-order valence-corrected chi connectivity index (χ1v) is 45.1. The molecule has 0 aliphatic carbocycles. The van der Waals surface area contributed by atoms with Crippen molar-refractivity contribution in [1.82, 2.24) is 0 Å². The van der Waals surface area contributed by atoms with Gasteiger partial charge in [0.2, 0.25) is 0 Å². The average molecular weight is 1470 g/mol. The van der Waals surface area contributed by atoms with Crippen molar-refractivity contribution in [3.05, 3.63) is 0 Å². The molecular formula is C81H158O17P2. The van der Waals surface area contributed by atoms with E-state index in [0.29, 0.717) is 25.7 Å². The quantitative estimate of drug-likeness (QED) is 0.0222. The van der Waals surface area contributed by atoms with Gasteiger partial charge in [-0.05, 0) is 31.6 Å². The summed E-state index contributed by atoms with van der Waals surface area (Å²) in [4.78, 5) is 73.0. The Hall–Kier alpha value is -1.94. The van der Waals surface area contributed by atoms with E-state index in [-0.39, 0.29) is 25.7 Å². The van der Waals surface area contributed by atoms with E-state index >= 15 is 0 Å². The molecule has 5 atom stereocenters. The lowest BCUT2D eigenvalue weighted by Gasteiger charge is -2.21. The van der Waals surface area contributed by atoms with Crippen molar-refractivity contribution in [2.75, 3.05) is 39.6 Å². The number of rotatable bonds is 81. The first-order chi connectivity index (χ1) is 48.5. The van der Waals surface area contributed by atoms with Crippen LogP contribution in [0.4, 0.5) is 0 Å². The van der Waals surface area contributed by atoms with E-state index in [4.69, 9.17) is 37.0 Å². The van der Waals surface area contributed by atoms with Crippen LogP contribution in [0.5, 0.6) is 0 Å². The summed E-state index contributed by atoms with van der Waals surface area (Å²) in [5, 5.41) is 10.6. The molecule has 594 valence electrons. The molecular weight excluding hydrogens is 1310 g/mol. The fraction of sp³-hybridized carbons (Fsp3) is 0.951. The molecule has 0 bridgehead atoms. The minimum atomic E-state index is -4.96. The van der Waals surface area contributed by atoms with Crippen LogP contribution in [-0.4, -0.2) is 96.7 Å². The number of carbonyl (C=O) groups is 4. The van der Waals surface area contributed by atoms with Crippen LogP contribution < -0.4 is 0 Å². The minimum Gasteiger partial charge on any atom is -0.462 e. The standard InChI is InChI=1S/C81H158O17P2/c1-6-9-12-15-18-21-24-26-28-30-31-33-35-41-46-51-56-61-66-80(85)97-77(71-92-79(84)65-60-55-50-45-40-34-32-29-27-25-22-19-16-13-10-7-2)73-96-100(89,90)94-69-75(82)68-93-99(87,88)95-72-76(70-91-78(83)64-59-54-49-44-38-23-20-17-14-11-8-3)98-81(86)67-62-57-52-47-42-37-36-39-43-48-53-58-63-74(4)5/h74-77,82H,6-73H2,1-5H3,(H,87,88)(H,89,90)/t75-,76+,77+/m0/s1. The van der Waals surface area contributed by atoms with Crippen molar-refractivity contribution in [3.63, 3.8) is 0 Å². The van der Waals surface area contributed by atoms with Crippen molar-refractivity contribution in [3.8, 4) is 0 Å². The van der Waals surface area contributed by atoms with Gasteiger partial charge in [0, 0.05) is 25.7 Å². The number of aliphatic hydroxyl groups excluding tert-OH is 1. The summed E-state index contributed by atoms with van der Waals surface area (Å²) in [5.74, 6) is -1.33. The molecule has 0 aromatic carbocycles. The molecule has 0 spiro atoms. The van der Waals surface area contributed by atoms with Gasteiger partial charge in [0.05, 0.1) is 26.4 Å². The summed E-state index contributed by atoms with van der Waals surface area (Å²) in [7, 11) is -9.92. The van der Waals surface area contributed by atoms with Gasteiger partial charge in [0.25, 0.3) is 0 Å². The second-order valence-electron chi connectivity index (χ2n) is 29.6. The summed E-state index contributed by atoms with van der Waals surface area (Å²) in [6.45, 7) is 7.34. The monoisotopic (exact) mass is 1470 g/mol. The third-order valence-electron chi connectivity index (χ3n) is 19.0. The Morgan fingerprint density at radius 1 is 0.270 bits per heavy atom. The van der Waals surface area contributed by atoms with Gasteiger partial charge >= 0.3 is 39.5 Å². The molecule has 2 unspecified atom stereocenters. The van der Waals surface area contributed by atoms with Gasteiger partial charge in [0.1, 0.15) is 19.3 Å². The van der Waals surface area contributed by atoms with Gasteiger partial charge in [-0.15, -0.1) is 0 Å². The summed E-state index contributed by atoms with van der Waals surface area (Å²) in [5.41, 5.74) is 0. The van der Waals surface area contributed by atoms with Gasteiger partial charge in [0.15, 0.2) is 12.2 Å². The Bertz CT molecular complexity index is 1910. The lowest BCUT2D eigenvalue weighted by molar-refractivity contribution is -0.161. The second-order valence-corrected chi connectivity index (χ2v) is 32.5. The van der Waals surface area contributed by atoms with Gasteiger partial charge in [-0.3, -0.25) is 37.3 Å². The maximum absolute atomic E-state index is 13.1. The molecule has 0 aromatic heterocycles. The number of esters is 4. The Morgan fingerprint density at radius 2 is 0.460 bits per heavy atom. The number of hydrogen-bond donors (Lipinski definition) is 3. The van der Waals surface area contributed by atoms with Crippen LogP contribution in [0.25, 0.3) is 0 Å². The van der Waals surface area contributed by atoms with Crippen LogP contribution in [0.15, 0.2) is 0 Å². The smallest absolute Gasteiger partial charge is 0.462 e. The van der Waals surface area contributed by atoms with E-state index in [0.717, 1.165) is 95.8 Å². The Morgan fingerprint density at radius 3 is 0.680 bits per heavy atom. The number of hydrogen-bond acceptors (Lipinski definition) is 15. The molecule has 0 saturated carbocycles. The predicted molar refractivity (Wildman–Crippen MR) is 409 cm³/mol. The molecule has 0 rings (SSSR count). The zero-order valence-electron chi connectivity index (χ0n) is 65.3. The van der Waals surface area contributed by atoms with Crippen molar-refractivity contribution >= 4 is 39.5 Å². The summed E-state index contributed by atoms with van der Waals surface area (Å²) >= 11 is 0. The molecule has 3 N–H and O–H groups in total. The average Bonchev–Trinajstić information content (AvgIpc) is 0.934. The van der Waals surface area contributed by atoms with Crippen LogP contribution in [0, 0.1) is 5.92 Å². The van der Waals surface area contributed by atoms with Gasteiger partial charge < -0.3 is 33.8 Å². The summed E-state index contributed by atoms with van der Waals surface area (Å²) < 4.78 is 68.7. The molecule has 0 fully saturated rings. The van der Waals surface area contributed by atoms with Crippen LogP contribution >= 0.6 is 15.6 Å².